The van der Waals surface area contributed by atoms with Crippen molar-refractivity contribution in [1.29, 1.82) is 0 Å². The molecule has 0 aliphatic heterocycles. The van der Waals surface area contributed by atoms with Crippen molar-refractivity contribution in [2.75, 3.05) is 23.0 Å². The van der Waals surface area contributed by atoms with Crippen molar-refractivity contribution in [3.8, 4) is 0 Å². The summed E-state index contributed by atoms with van der Waals surface area (Å²) >= 11 is 0. The third-order valence-corrected chi connectivity index (χ3v) is 3.97. The lowest BCUT2D eigenvalue weighted by Crippen LogP contribution is -2.20. The zero-order valence-corrected chi connectivity index (χ0v) is 15.1. The molecule has 27 heavy (non-hydrogen) atoms. The van der Waals surface area contributed by atoms with E-state index >= 15 is 0 Å². The van der Waals surface area contributed by atoms with Gasteiger partial charge in [0.25, 0.3) is 0 Å². The Balaban J connectivity index is 1.96. The molecule has 3 N–H and O–H groups in total. The van der Waals surface area contributed by atoms with Gasteiger partial charge in [-0.2, -0.15) is 9.97 Å². The first-order chi connectivity index (χ1) is 12.9. The summed E-state index contributed by atoms with van der Waals surface area (Å²) < 4.78 is 0. The van der Waals surface area contributed by atoms with Gasteiger partial charge >= 0.3 is 5.69 Å². The number of aryl methyl sites for hydroxylation is 1. The third-order valence-electron chi connectivity index (χ3n) is 3.97. The van der Waals surface area contributed by atoms with Crippen LogP contribution in [0.3, 0.4) is 0 Å². The van der Waals surface area contributed by atoms with Gasteiger partial charge in [-0.1, -0.05) is 42.5 Å². The maximum absolute atomic E-state index is 11.5. The summed E-state index contributed by atoms with van der Waals surface area (Å²) in [6.07, 6.45) is 0. The number of nitro groups is 1. The van der Waals surface area contributed by atoms with Crippen molar-refractivity contribution in [3.05, 3.63) is 75.8 Å². The Kier molecular flexibility index (Phi) is 5.16. The van der Waals surface area contributed by atoms with Crippen molar-refractivity contribution in [2.24, 2.45) is 0 Å². The molecule has 0 saturated heterocycles. The SMILES string of the molecule is Cc1cccc(Nc2nc(N(C)Cc3ccccc3)nc(N)c2[N+](=O)[O-])c1. The van der Waals surface area contributed by atoms with Crippen LogP contribution >= 0.6 is 0 Å². The van der Waals surface area contributed by atoms with E-state index < -0.39 is 4.92 Å². The molecule has 3 aromatic rings. The standard InChI is InChI=1S/C19H20N6O2/c1-13-7-6-10-15(11-13)21-18-16(25(26)27)17(20)22-19(23-18)24(2)12-14-8-4-3-5-9-14/h3-11H,12H2,1-2H3,(H3,20,21,22,23). The first-order valence-electron chi connectivity index (χ1n) is 8.34. The van der Waals surface area contributed by atoms with Crippen molar-refractivity contribution in [2.45, 2.75) is 13.5 Å². The molecule has 3 rings (SSSR count). The summed E-state index contributed by atoms with van der Waals surface area (Å²) in [6, 6.07) is 17.3. The zero-order chi connectivity index (χ0) is 19.4. The number of hydrogen-bond acceptors (Lipinski definition) is 7. The lowest BCUT2D eigenvalue weighted by atomic mass is 10.2. The lowest BCUT2D eigenvalue weighted by molar-refractivity contribution is -0.383. The minimum Gasteiger partial charge on any atom is -0.378 e. The molecule has 8 heteroatoms. The van der Waals surface area contributed by atoms with Gasteiger partial charge in [0.05, 0.1) is 4.92 Å². The highest BCUT2D eigenvalue weighted by molar-refractivity contribution is 5.74. The number of nitrogens with two attached hydrogens (primary N) is 1. The number of rotatable bonds is 6. The van der Waals surface area contributed by atoms with Crippen molar-refractivity contribution in [1.82, 2.24) is 9.97 Å². The second kappa shape index (κ2) is 7.69. The Labute approximate surface area is 156 Å². The third kappa shape index (κ3) is 4.30. The lowest BCUT2D eigenvalue weighted by Gasteiger charge is -2.18. The number of hydrogen-bond donors (Lipinski definition) is 2. The van der Waals surface area contributed by atoms with E-state index in [0.29, 0.717) is 18.2 Å². The van der Waals surface area contributed by atoms with Gasteiger partial charge in [-0.25, -0.2) is 0 Å². The van der Waals surface area contributed by atoms with Crippen LogP contribution in [0.1, 0.15) is 11.1 Å². The van der Waals surface area contributed by atoms with Crippen LogP contribution < -0.4 is 16.0 Å². The van der Waals surface area contributed by atoms with E-state index in [1.54, 1.807) is 4.90 Å². The van der Waals surface area contributed by atoms with Crippen LogP contribution in [0.15, 0.2) is 54.6 Å². The van der Waals surface area contributed by atoms with E-state index in [-0.39, 0.29) is 17.3 Å². The second-order valence-electron chi connectivity index (χ2n) is 6.20. The van der Waals surface area contributed by atoms with Gasteiger partial charge in [0.1, 0.15) is 0 Å². The Bertz CT molecular complexity index is 962. The summed E-state index contributed by atoms with van der Waals surface area (Å²) in [4.78, 5) is 21.2. The van der Waals surface area contributed by atoms with Crippen LogP contribution in [-0.4, -0.2) is 21.9 Å². The molecule has 1 heterocycles. The van der Waals surface area contributed by atoms with Crippen LogP contribution in [0.4, 0.5) is 29.0 Å². The van der Waals surface area contributed by atoms with E-state index in [4.69, 9.17) is 5.73 Å². The number of nitrogen functional groups attached to an aromatic ring is 1. The van der Waals surface area contributed by atoms with Crippen molar-refractivity contribution < 1.29 is 4.92 Å². The molecule has 0 spiro atoms. The normalized spacial score (nSPS) is 10.4. The summed E-state index contributed by atoms with van der Waals surface area (Å²) in [5.41, 5.74) is 8.31. The van der Waals surface area contributed by atoms with Crippen LogP contribution in [0.25, 0.3) is 0 Å². The molecule has 0 atom stereocenters. The first kappa shape index (κ1) is 18.1. The maximum Gasteiger partial charge on any atom is 0.353 e. The average molecular weight is 364 g/mol. The summed E-state index contributed by atoms with van der Waals surface area (Å²) in [5.74, 6) is 0.185. The van der Waals surface area contributed by atoms with Gasteiger partial charge in [-0.05, 0) is 30.2 Å². The molecule has 1 aromatic heterocycles. The van der Waals surface area contributed by atoms with Crippen molar-refractivity contribution in [3.63, 3.8) is 0 Å². The zero-order valence-electron chi connectivity index (χ0n) is 15.1. The average Bonchev–Trinajstić information content (AvgIpc) is 2.61. The molecule has 138 valence electrons. The molecule has 0 saturated carbocycles. The van der Waals surface area contributed by atoms with Gasteiger partial charge in [0, 0.05) is 19.3 Å². The minimum atomic E-state index is -0.575. The molecular weight excluding hydrogens is 344 g/mol. The van der Waals surface area contributed by atoms with Crippen LogP contribution in [0, 0.1) is 17.0 Å². The number of anilines is 4. The maximum atomic E-state index is 11.5. The van der Waals surface area contributed by atoms with Gasteiger partial charge < -0.3 is 16.0 Å². The molecule has 0 amide bonds. The highest BCUT2D eigenvalue weighted by atomic mass is 16.6. The molecule has 2 aromatic carbocycles. The molecule has 0 radical (unpaired) electrons. The molecule has 0 fully saturated rings. The van der Waals surface area contributed by atoms with Crippen LogP contribution in [0.5, 0.6) is 0 Å². The quantitative estimate of drug-likeness (QED) is 0.507. The topological polar surface area (TPSA) is 110 Å². The molecule has 0 aliphatic carbocycles. The highest BCUT2D eigenvalue weighted by Gasteiger charge is 2.24. The van der Waals surface area contributed by atoms with Gasteiger partial charge in [-0.3, -0.25) is 10.1 Å². The van der Waals surface area contributed by atoms with Crippen LogP contribution in [0.2, 0.25) is 0 Å². The number of nitrogens with zero attached hydrogens (tertiary/aromatic N) is 4. The molecule has 0 unspecified atom stereocenters. The monoisotopic (exact) mass is 364 g/mol. The smallest absolute Gasteiger partial charge is 0.353 e. The number of aromatic nitrogens is 2. The predicted molar refractivity (Wildman–Crippen MR) is 106 cm³/mol. The van der Waals surface area contributed by atoms with Crippen LogP contribution in [-0.2, 0) is 6.54 Å². The molecule has 0 aliphatic rings. The molecule has 8 nitrogen and oxygen atoms in total. The fraction of sp³-hybridized carbons (Fsp3) is 0.158. The van der Waals surface area contributed by atoms with E-state index in [1.807, 2.05) is 68.6 Å². The highest BCUT2D eigenvalue weighted by Crippen LogP contribution is 2.32. The van der Waals surface area contributed by atoms with E-state index in [9.17, 15) is 10.1 Å². The minimum absolute atomic E-state index is 0.0630. The number of nitrogens with one attached hydrogen (secondary N) is 1. The fourth-order valence-electron chi connectivity index (χ4n) is 2.69. The predicted octanol–water partition coefficient (Wildman–Crippen LogP) is 3.66. The first-order valence-corrected chi connectivity index (χ1v) is 8.34. The second-order valence-corrected chi connectivity index (χ2v) is 6.20. The van der Waals surface area contributed by atoms with Gasteiger partial charge in [0.15, 0.2) is 0 Å². The van der Waals surface area contributed by atoms with E-state index in [0.717, 1.165) is 11.1 Å². The summed E-state index contributed by atoms with van der Waals surface area (Å²) in [5, 5.41) is 14.5. The van der Waals surface area contributed by atoms with Gasteiger partial charge in [-0.15, -0.1) is 0 Å². The van der Waals surface area contributed by atoms with Gasteiger partial charge in [0.2, 0.25) is 17.6 Å². The van der Waals surface area contributed by atoms with Crippen molar-refractivity contribution >= 4 is 29.0 Å². The Morgan fingerprint density at radius 2 is 1.89 bits per heavy atom. The molecular formula is C19H20N6O2. The Morgan fingerprint density at radius 3 is 2.56 bits per heavy atom. The Morgan fingerprint density at radius 1 is 1.15 bits per heavy atom. The molecule has 0 bridgehead atoms. The van der Waals surface area contributed by atoms with E-state index in [1.165, 1.54) is 0 Å². The fourth-order valence-corrected chi connectivity index (χ4v) is 2.69. The Hall–Kier alpha value is -3.68. The largest absolute Gasteiger partial charge is 0.378 e. The van der Waals surface area contributed by atoms with E-state index in [2.05, 4.69) is 15.3 Å². The summed E-state index contributed by atoms with van der Waals surface area (Å²) in [6.45, 7) is 2.48. The number of benzene rings is 2. The summed E-state index contributed by atoms with van der Waals surface area (Å²) in [7, 11) is 1.81.